The Morgan fingerprint density at radius 3 is 2.59 bits per heavy atom. The molecule has 1 aromatic carbocycles. The fraction of sp³-hybridized carbons (Fsp3) is 0.542. The summed E-state index contributed by atoms with van der Waals surface area (Å²) in [6.07, 6.45) is 6.12. The molecule has 1 aliphatic heterocycles. The summed E-state index contributed by atoms with van der Waals surface area (Å²) in [6, 6.07) is 11.9. The number of fused-ring (bicyclic) bond motifs is 1. The van der Waals surface area contributed by atoms with Crippen molar-refractivity contribution in [3.05, 3.63) is 54.0 Å². The van der Waals surface area contributed by atoms with Gasteiger partial charge in [-0.3, -0.25) is 4.79 Å². The van der Waals surface area contributed by atoms with E-state index in [1.54, 1.807) is 18.4 Å². The zero-order valence-corrected chi connectivity index (χ0v) is 17.5. The molecular weight excluding hydrogens is 364 g/mol. The highest BCUT2D eigenvalue weighted by molar-refractivity contribution is 5.92. The molecule has 29 heavy (non-hydrogen) atoms. The minimum atomic E-state index is -0.680. The SMILES string of the molecule is CCN(CC)c1ccc([C@@H]2[C@@H]3CCCC[C@]3(O)CCN2C(=O)c2ccco2)cc1. The summed E-state index contributed by atoms with van der Waals surface area (Å²) in [7, 11) is 0. The van der Waals surface area contributed by atoms with Gasteiger partial charge in [0, 0.05) is 31.2 Å². The van der Waals surface area contributed by atoms with Crippen molar-refractivity contribution >= 4 is 11.6 Å². The Morgan fingerprint density at radius 1 is 1.17 bits per heavy atom. The van der Waals surface area contributed by atoms with Gasteiger partial charge in [0.2, 0.25) is 0 Å². The van der Waals surface area contributed by atoms with Crippen molar-refractivity contribution < 1.29 is 14.3 Å². The molecule has 3 atom stereocenters. The zero-order valence-electron chi connectivity index (χ0n) is 17.5. The number of furan rings is 1. The molecule has 156 valence electrons. The largest absolute Gasteiger partial charge is 0.459 e. The Kier molecular flexibility index (Phi) is 5.68. The highest BCUT2D eigenvalue weighted by atomic mass is 16.3. The van der Waals surface area contributed by atoms with Crippen LogP contribution in [0.25, 0.3) is 0 Å². The van der Waals surface area contributed by atoms with Crippen molar-refractivity contribution in [2.24, 2.45) is 5.92 Å². The number of aliphatic hydroxyl groups is 1. The molecule has 1 aromatic heterocycles. The number of rotatable bonds is 5. The molecule has 2 fully saturated rings. The van der Waals surface area contributed by atoms with Crippen LogP contribution in [0.2, 0.25) is 0 Å². The van der Waals surface area contributed by atoms with E-state index in [0.717, 1.165) is 44.3 Å². The van der Waals surface area contributed by atoms with Crippen LogP contribution in [0.1, 0.15) is 68.1 Å². The van der Waals surface area contributed by atoms with Gasteiger partial charge in [-0.1, -0.05) is 25.0 Å². The van der Waals surface area contributed by atoms with Crippen LogP contribution in [-0.4, -0.2) is 41.1 Å². The van der Waals surface area contributed by atoms with Crippen LogP contribution in [0, 0.1) is 5.92 Å². The maximum Gasteiger partial charge on any atom is 0.290 e. The molecule has 1 aliphatic carbocycles. The predicted octanol–water partition coefficient (Wildman–Crippen LogP) is 4.63. The highest BCUT2D eigenvalue weighted by Crippen LogP contribution is 2.49. The van der Waals surface area contributed by atoms with E-state index in [4.69, 9.17) is 4.42 Å². The number of amides is 1. The molecule has 5 heteroatoms. The Morgan fingerprint density at radius 2 is 1.93 bits per heavy atom. The van der Waals surface area contributed by atoms with Gasteiger partial charge in [0.15, 0.2) is 5.76 Å². The lowest BCUT2D eigenvalue weighted by atomic mass is 9.66. The highest BCUT2D eigenvalue weighted by Gasteiger charge is 2.50. The van der Waals surface area contributed by atoms with Crippen LogP contribution in [0.4, 0.5) is 5.69 Å². The minimum Gasteiger partial charge on any atom is -0.459 e. The Balaban J connectivity index is 1.70. The van der Waals surface area contributed by atoms with E-state index in [9.17, 15) is 9.90 Å². The van der Waals surface area contributed by atoms with E-state index in [0.29, 0.717) is 18.7 Å². The fourth-order valence-corrected chi connectivity index (χ4v) is 5.33. The Labute approximate surface area is 173 Å². The first-order valence-electron chi connectivity index (χ1n) is 11.0. The molecule has 5 nitrogen and oxygen atoms in total. The molecule has 2 heterocycles. The van der Waals surface area contributed by atoms with Crippen molar-refractivity contribution in [3.63, 3.8) is 0 Å². The molecule has 2 aromatic rings. The van der Waals surface area contributed by atoms with Crippen molar-refractivity contribution in [2.45, 2.75) is 57.6 Å². The third kappa shape index (κ3) is 3.68. The molecule has 0 unspecified atom stereocenters. The van der Waals surface area contributed by atoms with Gasteiger partial charge in [-0.25, -0.2) is 0 Å². The second kappa shape index (κ2) is 8.23. The normalized spacial score (nSPS) is 26.8. The molecular formula is C24H32N2O3. The standard InChI is InChI=1S/C24H32N2O3/c1-3-25(4-2)19-12-10-18(11-13-19)22-20-8-5-6-14-24(20,28)15-16-26(22)23(27)21-9-7-17-29-21/h7,9-13,17,20,22,28H,3-6,8,14-16H2,1-2H3/t20-,22+,24-/m0/s1. The number of nitrogens with zero attached hydrogens (tertiary/aromatic N) is 2. The van der Waals surface area contributed by atoms with E-state index in [1.165, 1.54) is 5.69 Å². The minimum absolute atomic E-state index is 0.0585. The summed E-state index contributed by atoms with van der Waals surface area (Å²) in [4.78, 5) is 17.5. The molecule has 1 N–H and O–H groups in total. The molecule has 0 spiro atoms. The number of hydrogen-bond acceptors (Lipinski definition) is 4. The molecule has 0 bridgehead atoms. The molecule has 1 saturated heterocycles. The number of piperidine rings is 1. The second-order valence-corrected chi connectivity index (χ2v) is 8.39. The smallest absolute Gasteiger partial charge is 0.290 e. The first-order chi connectivity index (χ1) is 14.1. The number of anilines is 1. The van der Waals surface area contributed by atoms with E-state index in [2.05, 4.69) is 43.0 Å². The predicted molar refractivity (Wildman–Crippen MR) is 114 cm³/mol. The Hall–Kier alpha value is -2.27. The van der Waals surface area contributed by atoms with Crippen LogP contribution < -0.4 is 4.90 Å². The molecule has 0 radical (unpaired) electrons. The van der Waals surface area contributed by atoms with Crippen molar-refractivity contribution in [1.82, 2.24) is 4.90 Å². The number of carbonyl (C=O) groups is 1. The summed E-state index contributed by atoms with van der Waals surface area (Å²) in [5, 5.41) is 11.4. The molecule has 1 amide bonds. The quantitative estimate of drug-likeness (QED) is 0.800. The van der Waals surface area contributed by atoms with E-state index >= 15 is 0 Å². The van der Waals surface area contributed by atoms with Crippen molar-refractivity contribution in [2.75, 3.05) is 24.5 Å². The van der Waals surface area contributed by atoms with Crippen LogP contribution in [0.5, 0.6) is 0 Å². The van der Waals surface area contributed by atoms with E-state index in [1.807, 2.05) is 4.90 Å². The lowest BCUT2D eigenvalue weighted by Crippen LogP contribution is -2.56. The second-order valence-electron chi connectivity index (χ2n) is 8.39. The van der Waals surface area contributed by atoms with Gasteiger partial charge in [-0.05, 0) is 62.9 Å². The summed E-state index contributed by atoms with van der Waals surface area (Å²) in [6.45, 7) is 6.79. The monoisotopic (exact) mass is 396 g/mol. The summed E-state index contributed by atoms with van der Waals surface area (Å²) in [5.41, 5.74) is 1.61. The number of likely N-dealkylation sites (tertiary alicyclic amines) is 1. The maximum absolute atomic E-state index is 13.2. The van der Waals surface area contributed by atoms with Crippen LogP contribution in [0.3, 0.4) is 0 Å². The third-order valence-corrected chi connectivity index (χ3v) is 6.92. The van der Waals surface area contributed by atoms with Gasteiger partial charge < -0.3 is 19.3 Å². The van der Waals surface area contributed by atoms with Crippen LogP contribution >= 0.6 is 0 Å². The third-order valence-electron chi connectivity index (χ3n) is 6.92. The molecule has 1 saturated carbocycles. The summed E-state index contributed by atoms with van der Waals surface area (Å²) < 4.78 is 5.41. The van der Waals surface area contributed by atoms with Crippen LogP contribution in [-0.2, 0) is 0 Å². The fourth-order valence-electron chi connectivity index (χ4n) is 5.33. The van der Waals surface area contributed by atoms with Gasteiger partial charge in [0.1, 0.15) is 0 Å². The lowest BCUT2D eigenvalue weighted by Gasteiger charge is -2.52. The molecule has 2 aliphatic rings. The average Bonchev–Trinajstić information content (AvgIpc) is 3.28. The topological polar surface area (TPSA) is 56.9 Å². The van der Waals surface area contributed by atoms with E-state index < -0.39 is 5.60 Å². The first-order valence-corrected chi connectivity index (χ1v) is 11.0. The number of hydrogen-bond donors (Lipinski definition) is 1. The first kappa shape index (κ1) is 20.0. The van der Waals surface area contributed by atoms with Crippen molar-refractivity contribution in [3.8, 4) is 0 Å². The zero-order chi connectivity index (χ0) is 20.4. The summed E-state index contributed by atoms with van der Waals surface area (Å²) >= 11 is 0. The molecule has 4 rings (SSSR count). The number of benzene rings is 1. The number of carbonyl (C=O) groups excluding carboxylic acids is 1. The Bertz CT molecular complexity index is 813. The van der Waals surface area contributed by atoms with E-state index in [-0.39, 0.29) is 17.9 Å². The maximum atomic E-state index is 13.2. The van der Waals surface area contributed by atoms with Gasteiger partial charge in [0.05, 0.1) is 17.9 Å². The summed E-state index contributed by atoms with van der Waals surface area (Å²) in [5.74, 6) is 0.347. The van der Waals surface area contributed by atoms with Gasteiger partial charge in [-0.2, -0.15) is 0 Å². The lowest BCUT2D eigenvalue weighted by molar-refractivity contribution is -0.115. The van der Waals surface area contributed by atoms with Crippen LogP contribution in [0.15, 0.2) is 47.1 Å². The average molecular weight is 397 g/mol. The van der Waals surface area contributed by atoms with Gasteiger partial charge >= 0.3 is 0 Å². The van der Waals surface area contributed by atoms with Crippen molar-refractivity contribution in [1.29, 1.82) is 0 Å². The van der Waals surface area contributed by atoms with Gasteiger partial charge in [0.25, 0.3) is 5.91 Å². The van der Waals surface area contributed by atoms with Gasteiger partial charge in [-0.15, -0.1) is 0 Å².